The van der Waals surface area contributed by atoms with Crippen LogP contribution in [0.25, 0.3) is 0 Å². The van der Waals surface area contributed by atoms with E-state index >= 15 is 0 Å². The Hall–Kier alpha value is -0.570. The van der Waals surface area contributed by atoms with Gasteiger partial charge in [0.25, 0.3) is 0 Å². The normalized spacial score (nSPS) is 33.2. The third-order valence-electron chi connectivity index (χ3n) is 4.61. The minimum Gasteiger partial charge on any atom is -0.467 e. The molecule has 0 aromatic heterocycles. The van der Waals surface area contributed by atoms with Gasteiger partial charge in [0.2, 0.25) is 0 Å². The molecule has 0 radical (unpaired) electrons. The van der Waals surface area contributed by atoms with Crippen molar-refractivity contribution >= 4 is 5.97 Å². The van der Waals surface area contributed by atoms with Gasteiger partial charge in [0.15, 0.2) is 5.60 Å². The van der Waals surface area contributed by atoms with Crippen LogP contribution in [0.15, 0.2) is 0 Å². The number of esters is 1. The fourth-order valence-electron chi connectivity index (χ4n) is 2.98. The monoisotopic (exact) mass is 242 g/mol. The van der Waals surface area contributed by atoms with Gasteiger partial charge in [0, 0.05) is 0 Å². The van der Waals surface area contributed by atoms with Crippen molar-refractivity contribution in [3.63, 3.8) is 0 Å². The molecule has 1 aliphatic carbocycles. The fourth-order valence-corrected chi connectivity index (χ4v) is 2.98. The molecule has 1 saturated carbocycles. The average Bonchev–Trinajstić information content (AvgIpc) is 2.30. The van der Waals surface area contributed by atoms with E-state index in [0.717, 1.165) is 19.3 Å². The lowest BCUT2D eigenvalue weighted by atomic mass is 9.66. The van der Waals surface area contributed by atoms with Gasteiger partial charge in [-0.15, -0.1) is 0 Å². The molecule has 1 rings (SSSR count). The number of carbonyl (C=O) groups excluding carboxylic acids is 1. The van der Waals surface area contributed by atoms with Gasteiger partial charge < -0.3 is 9.84 Å². The number of aliphatic hydroxyl groups is 1. The minimum absolute atomic E-state index is 0.0288. The van der Waals surface area contributed by atoms with Gasteiger partial charge in [-0.2, -0.15) is 0 Å². The maximum Gasteiger partial charge on any atom is 0.338 e. The van der Waals surface area contributed by atoms with Crippen LogP contribution in [0.4, 0.5) is 0 Å². The predicted molar refractivity (Wildman–Crippen MR) is 67.5 cm³/mol. The highest BCUT2D eigenvalue weighted by Crippen LogP contribution is 2.42. The van der Waals surface area contributed by atoms with E-state index in [1.807, 2.05) is 13.8 Å². The van der Waals surface area contributed by atoms with E-state index in [1.165, 1.54) is 7.11 Å². The highest BCUT2D eigenvalue weighted by molar-refractivity contribution is 5.80. The van der Waals surface area contributed by atoms with Gasteiger partial charge in [-0.3, -0.25) is 0 Å². The Morgan fingerprint density at radius 3 is 2.29 bits per heavy atom. The third kappa shape index (κ3) is 2.65. The Labute approximate surface area is 105 Å². The highest BCUT2D eigenvalue weighted by Gasteiger charge is 2.49. The molecule has 0 amide bonds. The van der Waals surface area contributed by atoms with Crippen LogP contribution in [0.3, 0.4) is 0 Å². The lowest BCUT2D eigenvalue weighted by Gasteiger charge is -2.42. The van der Waals surface area contributed by atoms with Crippen molar-refractivity contribution in [3.8, 4) is 0 Å². The molecule has 1 aliphatic rings. The Bertz CT molecular complexity index is 275. The molecule has 3 heteroatoms. The molecular formula is C14H26O3. The molecule has 0 aromatic rings. The highest BCUT2D eigenvalue weighted by atomic mass is 16.5. The van der Waals surface area contributed by atoms with Gasteiger partial charge in [-0.1, -0.05) is 34.1 Å². The van der Waals surface area contributed by atoms with Crippen LogP contribution in [-0.2, 0) is 9.53 Å². The van der Waals surface area contributed by atoms with Crippen LogP contribution in [0.1, 0.15) is 47.0 Å². The molecule has 0 bridgehead atoms. The zero-order valence-electron chi connectivity index (χ0n) is 11.7. The first-order valence-electron chi connectivity index (χ1n) is 6.64. The lowest BCUT2D eigenvalue weighted by Crippen LogP contribution is -2.52. The quantitative estimate of drug-likeness (QED) is 0.774. The number of methoxy groups -OCH3 is 1. The third-order valence-corrected chi connectivity index (χ3v) is 4.61. The maximum absolute atomic E-state index is 11.9. The summed E-state index contributed by atoms with van der Waals surface area (Å²) in [7, 11) is 1.35. The number of carbonyl (C=O) groups is 1. The van der Waals surface area contributed by atoms with Crippen LogP contribution in [0.5, 0.6) is 0 Å². The predicted octanol–water partition coefficient (Wildman–Crippen LogP) is 2.62. The van der Waals surface area contributed by atoms with Crippen molar-refractivity contribution in [2.75, 3.05) is 7.11 Å². The van der Waals surface area contributed by atoms with Gasteiger partial charge in [-0.05, 0) is 36.5 Å². The summed E-state index contributed by atoms with van der Waals surface area (Å²) >= 11 is 0. The second-order valence-corrected chi connectivity index (χ2v) is 5.94. The SMILES string of the molecule is COC(=O)C(O)(C(C)C)C1CCC(C)C(C)C1. The molecule has 4 atom stereocenters. The zero-order chi connectivity index (χ0) is 13.2. The summed E-state index contributed by atoms with van der Waals surface area (Å²) < 4.78 is 4.80. The van der Waals surface area contributed by atoms with Crippen molar-refractivity contribution in [2.45, 2.75) is 52.6 Å². The number of rotatable bonds is 3. The molecule has 100 valence electrons. The summed E-state index contributed by atoms with van der Waals surface area (Å²) in [6.45, 7) is 8.22. The van der Waals surface area contributed by atoms with Crippen LogP contribution in [-0.4, -0.2) is 23.8 Å². The van der Waals surface area contributed by atoms with E-state index < -0.39 is 11.6 Å². The molecule has 1 N–H and O–H groups in total. The Kier molecular flexibility index (Phi) is 4.59. The molecule has 0 aliphatic heterocycles. The summed E-state index contributed by atoms with van der Waals surface area (Å²) in [5, 5.41) is 10.7. The summed E-state index contributed by atoms with van der Waals surface area (Å²) in [5.41, 5.74) is -1.32. The van der Waals surface area contributed by atoms with Crippen molar-refractivity contribution in [1.82, 2.24) is 0 Å². The topological polar surface area (TPSA) is 46.5 Å². The number of ether oxygens (including phenoxy) is 1. The van der Waals surface area contributed by atoms with E-state index in [0.29, 0.717) is 11.8 Å². The van der Waals surface area contributed by atoms with Gasteiger partial charge >= 0.3 is 5.97 Å². The van der Waals surface area contributed by atoms with Crippen LogP contribution in [0, 0.1) is 23.7 Å². The zero-order valence-corrected chi connectivity index (χ0v) is 11.7. The lowest BCUT2D eigenvalue weighted by molar-refractivity contribution is -0.179. The summed E-state index contributed by atoms with van der Waals surface area (Å²) in [4.78, 5) is 11.9. The smallest absolute Gasteiger partial charge is 0.338 e. The van der Waals surface area contributed by atoms with Gasteiger partial charge in [0.1, 0.15) is 0 Å². The van der Waals surface area contributed by atoms with Crippen molar-refractivity contribution in [2.24, 2.45) is 23.7 Å². The molecule has 0 spiro atoms. The summed E-state index contributed by atoms with van der Waals surface area (Å²) in [6, 6.07) is 0. The van der Waals surface area contributed by atoms with E-state index in [1.54, 1.807) is 0 Å². The second kappa shape index (κ2) is 5.38. The maximum atomic E-state index is 11.9. The first kappa shape index (κ1) is 14.5. The summed E-state index contributed by atoms with van der Waals surface area (Å²) in [6.07, 6.45) is 2.90. The summed E-state index contributed by atoms with van der Waals surface area (Å²) in [5.74, 6) is 0.685. The molecule has 1 fully saturated rings. The molecule has 0 heterocycles. The first-order valence-corrected chi connectivity index (χ1v) is 6.64. The average molecular weight is 242 g/mol. The Morgan fingerprint density at radius 2 is 1.88 bits per heavy atom. The van der Waals surface area contributed by atoms with Crippen molar-refractivity contribution in [1.29, 1.82) is 0 Å². The van der Waals surface area contributed by atoms with Crippen molar-refractivity contribution < 1.29 is 14.6 Å². The molecule has 17 heavy (non-hydrogen) atoms. The number of hydrogen-bond donors (Lipinski definition) is 1. The molecule has 3 nitrogen and oxygen atoms in total. The van der Waals surface area contributed by atoms with E-state index in [9.17, 15) is 9.90 Å². The standard InChI is InChI=1S/C14H26O3/c1-9(2)14(16,13(15)17-5)12-7-6-10(3)11(4)8-12/h9-12,16H,6-8H2,1-5H3. The van der Waals surface area contributed by atoms with Gasteiger partial charge in [0.05, 0.1) is 7.11 Å². The van der Waals surface area contributed by atoms with Crippen LogP contribution < -0.4 is 0 Å². The first-order chi connectivity index (χ1) is 7.83. The molecule has 4 unspecified atom stereocenters. The Morgan fingerprint density at radius 1 is 1.29 bits per heavy atom. The minimum atomic E-state index is -1.32. The Balaban J connectivity index is 2.89. The number of hydrogen-bond acceptors (Lipinski definition) is 3. The molecule has 0 saturated heterocycles. The molecule has 0 aromatic carbocycles. The van der Waals surface area contributed by atoms with E-state index in [4.69, 9.17) is 4.74 Å². The van der Waals surface area contributed by atoms with E-state index in [2.05, 4.69) is 13.8 Å². The van der Waals surface area contributed by atoms with Crippen LogP contribution in [0.2, 0.25) is 0 Å². The van der Waals surface area contributed by atoms with Gasteiger partial charge in [-0.25, -0.2) is 4.79 Å². The second-order valence-electron chi connectivity index (χ2n) is 5.94. The van der Waals surface area contributed by atoms with Crippen LogP contribution >= 0.6 is 0 Å². The largest absolute Gasteiger partial charge is 0.467 e. The van der Waals surface area contributed by atoms with Crippen molar-refractivity contribution in [3.05, 3.63) is 0 Å². The fraction of sp³-hybridized carbons (Fsp3) is 0.929. The van der Waals surface area contributed by atoms with E-state index in [-0.39, 0.29) is 11.8 Å². The molecular weight excluding hydrogens is 216 g/mol.